The predicted octanol–water partition coefficient (Wildman–Crippen LogP) is 5.12. The van der Waals surface area contributed by atoms with Gasteiger partial charge in [-0.05, 0) is 30.7 Å². The van der Waals surface area contributed by atoms with E-state index in [-0.39, 0.29) is 5.78 Å². The van der Waals surface area contributed by atoms with Gasteiger partial charge in [-0.3, -0.25) is 4.79 Å². The third kappa shape index (κ3) is 2.07. The maximum absolute atomic E-state index is 12.7. The Morgan fingerprint density at radius 1 is 1.15 bits per heavy atom. The molecule has 0 spiro atoms. The molecule has 20 heavy (non-hydrogen) atoms. The molecule has 4 heteroatoms. The Balaban J connectivity index is 2.21. The number of carbonyl (C=O) groups excluding carboxylic acids is 1. The number of halogens is 2. The molecule has 0 aliphatic rings. The predicted molar refractivity (Wildman–Crippen MR) is 85.6 cm³/mol. The number of aromatic amines is 1. The minimum absolute atomic E-state index is 0.0249. The second-order valence-corrected chi connectivity index (χ2v) is 5.87. The average molecular weight is 349 g/mol. The maximum Gasteiger partial charge on any atom is 0.195 e. The Bertz CT molecular complexity index is 822. The number of aromatic nitrogens is 1. The van der Waals surface area contributed by atoms with Gasteiger partial charge in [-0.1, -0.05) is 45.7 Å². The molecule has 100 valence electrons. The van der Waals surface area contributed by atoms with Crippen LogP contribution in [0.5, 0.6) is 0 Å². The van der Waals surface area contributed by atoms with Crippen molar-refractivity contribution in [1.82, 2.24) is 4.98 Å². The second-order valence-electron chi connectivity index (χ2n) is 4.61. The largest absolute Gasteiger partial charge is 0.360 e. The van der Waals surface area contributed by atoms with E-state index in [0.717, 1.165) is 20.9 Å². The van der Waals surface area contributed by atoms with Gasteiger partial charge in [-0.25, -0.2) is 0 Å². The number of hydrogen-bond donors (Lipinski definition) is 1. The van der Waals surface area contributed by atoms with E-state index in [9.17, 15) is 4.79 Å². The number of H-pyrrole nitrogens is 1. The molecule has 2 nitrogen and oxygen atoms in total. The molecule has 0 radical (unpaired) electrons. The Labute approximate surface area is 129 Å². The first-order chi connectivity index (χ1) is 9.59. The van der Waals surface area contributed by atoms with Crippen LogP contribution in [0.1, 0.15) is 21.5 Å². The normalized spacial score (nSPS) is 10.9. The molecule has 0 atom stereocenters. The van der Waals surface area contributed by atoms with Gasteiger partial charge < -0.3 is 4.98 Å². The maximum atomic E-state index is 12.7. The summed E-state index contributed by atoms with van der Waals surface area (Å²) in [7, 11) is 0. The molecular weight excluding hydrogens is 338 g/mol. The SMILES string of the molecule is Cc1c(Br)cccc1C(=O)c1c[nH]c2cccc(Cl)c12. The third-order valence-corrected chi connectivity index (χ3v) is 4.59. The lowest BCUT2D eigenvalue weighted by molar-refractivity contribution is 0.103. The first kappa shape index (κ1) is 13.4. The van der Waals surface area contributed by atoms with Crippen molar-refractivity contribution in [2.24, 2.45) is 0 Å². The van der Waals surface area contributed by atoms with Crippen LogP contribution in [0.15, 0.2) is 47.1 Å². The van der Waals surface area contributed by atoms with Gasteiger partial charge in [-0.15, -0.1) is 0 Å². The molecule has 0 unspecified atom stereocenters. The van der Waals surface area contributed by atoms with Gasteiger partial charge in [-0.2, -0.15) is 0 Å². The minimum Gasteiger partial charge on any atom is -0.360 e. The van der Waals surface area contributed by atoms with Crippen LogP contribution in [-0.4, -0.2) is 10.8 Å². The smallest absolute Gasteiger partial charge is 0.195 e. The molecule has 3 aromatic rings. The van der Waals surface area contributed by atoms with E-state index in [1.165, 1.54) is 0 Å². The fourth-order valence-corrected chi connectivity index (χ4v) is 2.96. The first-order valence-corrected chi connectivity index (χ1v) is 7.32. The molecule has 1 N–H and O–H groups in total. The number of rotatable bonds is 2. The number of fused-ring (bicyclic) bond motifs is 1. The molecule has 0 amide bonds. The quantitative estimate of drug-likeness (QED) is 0.640. The van der Waals surface area contributed by atoms with Gasteiger partial charge in [0.15, 0.2) is 5.78 Å². The van der Waals surface area contributed by atoms with Crippen LogP contribution in [0.4, 0.5) is 0 Å². The summed E-state index contributed by atoms with van der Waals surface area (Å²) >= 11 is 9.68. The van der Waals surface area contributed by atoms with Crippen LogP contribution in [0.25, 0.3) is 10.9 Å². The third-order valence-electron chi connectivity index (χ3n) is 3.41. The van der Waals surface area contributed by atoms with Crippen molar-refractivity contribution < 1.29 is 4.79 Å². The number of benzene rings is 2. The zero-order valence-electron chi connectivity index (χ0n) is 10.7. The zero-order chi connectivity index (χ0) is 14.3. The lowest BCUT2D eigenvalue weighted by Gasteiger charge is -2.06. The molecule has 2 aromatic carbocycles. The van der Waals surface area contributed by atoms with Crippen LogP contribution < -0.4 is 0 Å². The molecule has 0 fully saturated rings. The summed E-state index contributed by atoms with van der Waals surface area (Å²) in [5, 5.41) is 1.36. The Kier molecular flexibility index (Phi) is 3.40. The number of hydrogen-bond acceptors (Lipinski definition) is 1. The summed E-state index contributed by atoms with van der Waals surface area (Å²) in [6, 6.07) is 11.2. The van der Waals surface area contributed by atoms with E-state index in [1.54, 1.807) is 12.3 Å². The lowest BCUT2D eigenvalue weighted by Crippen LogP contribution is -2.03. The van der Waals surface area contributed by atoms with E-state index >= 15 is 0 Å². The summed E-state index contributed by atoms with van der Waals surface area (Å²) in [4.78, 5) is 15.8. The van der Waals surface area contributed by atoms with Crippen molar-refractivity contribution in [2.45, 2.75) is 6.92 Å². The van der Waals surface area contributed by atoms with E-state index < -0.39 is 0 Å². The Morgan fingerprint density at radius 2 is 1.90 bits per heavy atom. The van der Waals surface area contributed by atoms with Crippen LogP contribution in [0.2, 0.25) is 5.02 Å². The van der Waals surface area contributed by atoms with Gasteiger partial charge in [0.25, 0.3) is 0 Å². The van der Waals surface area contributed by atoms with Crippen LogP contribution in [0, 0.1) is 6.92 Å². The van der Waals surface area contributed by atoms with Crippen LogP contribution in [-0.2, 0) is 0 Å². The van der Waals surface area contributed by atoms with E-state index in [4.69, 9.17) is 11.6 Å². The van der Waals surface area contributed by atoms with E-state index in [0.29, 0.717) is 16.1 Å². The molecule has 0 aliphatic carbocycles. The fourth-order valence-electron chi connectivity index (χ4n) is 2.32. The van der Waals surface area contributed by atoms with Crippen molar-refractivity contribution in [2.75, 3.05) is 0 Å². The molecule has 0 saturated heterocycles. The molecule has 3 rings (SSSR count). The fraction of sp³-hybridized carbons (Fsp3) is 0.0625. The summed E-state index contributed by atoms with van der Waals surface area (Å²) in [6.45, 7) is 1.92. The van der Waals surface area contributed by atoms with Crippen molar-refractivity contribution in [3.63, 3.8) is 0 Å². The summed E-state index contributed by atoms with van der Waals surface area (Å²) < 4.78 is 0.925. The Morgan fingerprint density at radius 3 is 2.70 bits per heavy atom. The Hall–Kier alpha value is -1.58. The van der Waals surface area contributed by atoms with Gasteiger partial charge in [0.1, 0.15) is 0 Å². The highest BCUT2D eigenvalue weighted by Gasteiger charge is 2.18. The summed E-state index contributed by atoms with van der Waals surface area (Å²) in [5.41, 5.74) is 3.08. The van der Waals surface area contributed by atoms with Crippen molar-refractivity contribution >= 4 is 44.2 Å². The number of ketones is 1. The molecule has 1 aromatic heterocycles. The first-order valence-electron chi connectivity index (χ1n) is 6.15. The van der Waals surface area contributed by atoms with Crippen molar-refractivity contribution in [3.8, 4) is 0 Å². The van der Waals surface area contributed by atoms with Gasteiger partial charge in [0, 0.05) is 32.7 Å². The zero-order valence-corrected chi connectivity index (χ0v) is 13.0. The number of nitrogens with one attached hydrogen (secondary N) is 1. The highest BCUT2D eigenvalue weighted by atomic mass is 79.9. The summed E-state index contributed by atoms with van der Waals surface area (Å²) in [6.07, 6.45) is 1.72. The van der Waals surface area contributed by atoms with E-state index in [1.807, 2.05) is 37.3 Å². The highest BCUT2D eigenvalue weighted by molar-refractivity contribution is 9.10. The van der Waals surface area contributed by atoms with E-state index in [2.05, 4.69) is 20.9 Å². The number of carbonyl (C=O) groups is 1. The average Bonchev–Trinajstić information content (AvgIpc) is 2.86. The molecule has 0 saturated carbocycles. The standard InChI is InChI=1S/C16H11BrClNO/c1-9-10(4-2-5-12(9)17)16(20)11-8-19-14-7-3-6-13(18)15(11)14/h2-8,19H,1H3. The monoisotopic (exact) mass is 347 g/mol. The van der Waals surface area contributed by atoms with Crippen molar-refractivity contribution in [1.29, 1.82) is 0 Å². The van der Waals surface area contributed by atoms with Crippen LogP contribution >= 0.6 is 27.5 Å². The topological polar surface area (TPSA) is 32.9 Å². The highest BCUT2D eigenvalue weighted by Crippen LogP contribution is 2.29. The van der Waals surface area contributed by atoms with Gasteiger partial charge in [0.05, 0.1) is 5.02 Å². The second kappa shape index (κ2) is 5.08. The lowest BCUT2D eigenvalue weighted by atomic mass is 9.99. The van der Waals surface area contributed by atoms with Crippen molar-refractivity contribution in [3.05, 3.63) is 68.8 Å². The van der Waals surface area contributed by atoms with Gasteiger partial charge >= 0.3 is 0 Å². The van der Waals surface area contributed by atoms with Crippen LogP contribution in [0.3, 0.4) is 0 Å². The summed E-state index contributed by atoms with van der Waals surface area (Å²) in [5.74, 6) is -0.0249. The molecular formula is C16H11BrClNO. The minimum atomic E-state index is -0.0249. The molecule has 0 aliphatic heterocycles. The molecule has 0 bridgehead atoms. The van der Waals surface area contributed by atoms with Gasteiger partial charge in [0.2, 0.25) is 0 Å². The molecule has 1 heterocycles.